The molecule has 10 nitrogen and oxygen atoms in total. The van der Waals surface area contributed by atoms with E-state index in [-0.39, 0.29) is 43.0 Å². The maximum Gasteiger partial charge on any atom is 0.407 e. The molecule has 1 aliphatic carbocycles. The SMILES string of the molecule is O=C(CCCC[C@H]1SCC2NC(=O)NC21)NCCCC[C@H](NC(=O)OCC1c2ccccc2-c2ccccc21)C(=O)O. The minimum Gasteiger partial charge on any atom is -0.480 e. The molecule has 0 saturated carbocycles. The molecule has 42 heavy (non-hydrogen) atoms. The number of amides is 4. The Labute approximate surface area is 249 Å². The number of fused-ring (bicyclic) bond motifs is 4. The van der Waals surface area contributed by atoms with Crippen molar-refractivity contribution in [3.8, 4) is 11.1 Å². The molecular formula is C31H38N4O6S. The van der Waals surface area contributed by atoms with Crippen LogP contribution in [0.5, 0.6) is 0 Å². The second kappa shape index (κ2) is 14.0. The number of carbonyl (C=O) groups excluding carboxylic acids is 3. The van der Waals surface area contributed by atoms with E-state index in [1.165, 1.54) is 0 Å². The van der Waals surface area contributed by atoms with Crippen molar-refractivity contribution in [1.29, 1.82) is 0 Å². The number of carboxylic acid groups (broad SMARTS) is 1. The summed E-state index contributed by atoms with van der Waals surface area (Å²) in [5.74, 6) is -0.309. The standard InChI is InChI=1S/C31H38N4O6S/c36-27(15-6-5-14-26-28-25(18-42-26)33-30(39)35-28)32-16-8-7-13-24(29(37)38)34-31(40)41-17-23-21-11-3-1-9-19(21)20-10-2-4-12-22(20)23/h1-4,9-12,23-26,28H,5-8,13-18H2,(H,32,36)(H,34,40)(H,37,38)(H2,33,35,39)/t24-,25?,26+,28?/m0/s1. The number of aliphatic carboxylic acids is 1. The number of thioether (sulfide) groups is 1. The molecule has 2 aliphatic heterocycles. The smallest absolute Gasteiger partial charge is 0.407 e. The zero-order valence-corrected chi connectivity index (χ0v) is 24.3. The highest BCUT2D eigenvalue weighted by Gasteiger charge is 2.42. The monoisotopic (exact) mass is 594 g/mol. The van der Waals surface area contributed by atoms with E-state index in [0.29, 0.717) is 31.1 Å². The third kappa shape index (κ3) is 7.18. The van der Waals surface area contributed by atoms with Crippen LogP contribution in [0.2, 0.25) is 0 Å². The Morgan fingerprint density at radius 3 is 2.40 bits per heavy atom. The number of benzene rings is 2. The molecule has 2 unspecified atom stereocenters. The van der Waals surface area contributed by atoms with E-state index in [9.17, 15) is 24.3 Å². The first kappa shape index (κ1) is 29.8. The highest BCUT2D eigenvalue weighted by atomic mass is 32.2. The van der Waals surface area contributed by atoms with Crippen LogP contribution in [0, 0.1) is 0 Å². The number of carboxylic acids is 1. The lowest BCUT2D eigenvalue weighted by molar-refractivity contribution is -0.139. The first-order valence-corrected chi connectivity index (χ1v) is 15.7. The average Bonchev–Trinajstić information content (AvgIpc) is 3.64. The molecule has 4 atom stereocenters. The van der Waals surface area contributed by atoms with Gasteiger partial charge in [0.1, 0.15) is 12.6 Å². The number of hydrogen-bond donors (Lipinski definition) is 5. The largest absolute Gasteiger partial charge is 0.480 e. The van der Waals surface area contributed by atoms with Crippen LogP contribution in [0.4, 0.5) is 9.59 Å². The van der Waals surface area contributed by atoms with Gasteiger partial charge in [-0.3, -0.25) is 4.79 Å². The van der Waals surface area contributed by atoms with Crippen molar-refractivity contribution >= 4 is 35.8 Å². The molecule has 0 radical (unpaired) electrons. The molecule has 2 saturated heterocycles. The van der Waals surface area contributed by atoms with E-state index in [1.807, 2.05) is 48.2 Å². The van der Waals surface area contributed by atoms with Gasteiger partial charge >= 0.3 is 18.1 Å². The van der Waals surface area contributed by atoms with Gasteiger partial charge in [-0.05, 0) is 54.4 Å². The molecular weight excluding hydrogens is 556 g/mol. The zero-order valence-electron chi connectivity index (χ0n) is 23.5. The predicted octanol–water partition coefficient (Wildman–Crippen LogP) is 3.99. The van der Waals surface area contributed by atoms with Crippen molar-refractivity contribution in [2.24, 2.45) is 0 Å². The Bertz CT molecular complexity index is 1260. The summed E-state index contributed by atoms with van der Waals surface area (Å²) >= 11 is 1.87. The summed E-state index contributed by atoms with van der Waals surface area (Å²) in [5, 5.41) is 21.3. The molecule has 0 bridgehead atoms. The van der Waals surface area contributed by atoms with Gasteiger partial charge in [-0.1, -0.05) is 55.0 Å². The number of unbranched alkanes of at least 4 members (excludes halogenated alkanes) is 2. The summed E-state index contributed by atoms with van der Waals surface area (Å²) in [4.78, 5) is 48.0. The lowest BCUT2D eigenvalue weighted by Crippen LogP contribution is -2.41. The molecule has 2 aromatic carbocycles. The summed E-state index contributed by atoms with van der Waals surface area (Å²) in [7, 11) is 0. The molecule has 0 aromatic heterocycles. The van der Waals surface area contributed by atoms with Gasteiger partial charge in [0.2, 0.25) is 5.91 Å². The predicted molar refractivity (Wildman–Crippen MR) is 160 cm³/mol. The van der Waals surface area contributed by atoms with E-state index in [2.05, 4.69) is 33.4 Å². The molecule has 11 heteroatoms. The van der Waals surface area contributed by atoms with Crippen molar-refractivity contribution in [1.82, 2.24) is 21.3 Å². The first-order chi connectivity index (χ1) is 20.4. The fourth-order valence-electron chi connectivity index (χ4n) is 6.10. The summed E-state index contributed by atoms with van der Waals surface area (Å²) < 4.78 is 5.49. The third-order valence-electron chi connectivity index (χ3n) is 8.26. The molecule has 2 fully saturated rings. The molecule has 224 valence electrons. The van der Waals surface area contributed by atoms with E-state index in [0.717, 1.165) is 47.3 Å². The van der Waals surface area contributed by atoms with Gasteiger partial charge in [-0.15, -0.1) is 0 Å². The topological polar surface area (TPSA) is 146 Å². The lowest BCUT2D eigenvalue weighted by atomic mass is 9.98. The lowest BCUT2D eigenvalue weighted by Gasteiger charge is -2.17. The number of nitrogens with one attached hydrogen (secondary N) is 4. The molecule has 3 aliphatic rings. The minimum absolute atomic E-state index is 0.0191. The van der Waals surface area contributed by atoms with Crippen LogP contribution in [0.25, 0.3) is 11.1 Å². The summed E-state index contributed by atoms with van der Waals surface area (Å²) in [6.45, 7) is 0.572. The van der Waals surface area contributed by atoms with Crippen LogP contribution in [-0.4, -0.2) is 71.4 Å². The van der Waals surface area contributed by atoms with Gasteiger partial charge in [0.05, 0.1) is 12.1 Å². The normalized spacial score (nSPS) is 21.0. The van der Waals surface area contributed by atoms with E-state index in [4.69, 9.17) is 4.74 Å². The summed E-state index contributed by atoms with van der Waals surface area (Å²) in [6, 6.07) is 15.3. The Kier molecular flexibility index (Phi) is 9.89. The van der Waals surface area contributed by atoms with Gasteiger partial charge in [0.15, 0.2) is 0 Å². The number of rotatable bonds is 14. The minimum atomic E-state index is -1.12. The molecule has 5 N–H and O–H groups in total. The Hall–Kier alpha value is -3.73. The van der Waals surface area contributed by atoms with Crippen LogP contribution in [0.1, 0.15) is 62.0 Å². The Morgan fingerprint density at radius 2 is 1.69 bits per heavy atom. The average molecular weight is 595 g/mol. The maximum absolute atomic E-state index is 12.5. The van der Waals surface area contributed by atoms with Crippen LogP contribution < -0.4 is 21.3 Å². The van der Waals surface area contributed by atoms with Gasteiger partial charge in [0, 0.05) is 29.9 Å². The second-order valence-corrected chi connectivity index (χ2v) is 12.3. The molecule has 0 spiro atoms. The van der Waals surface area contributed by atoms with Crippen LogP contribution in [0.3, 0.4) is 0 Å². The number of alkyl carbamates (subject to hydrolysis) is 1. The maximum atomic E-state index is 12.5. The molecule has 4 amide bonds. The fraction of sp³-hybridized carbons (Fsp3) is 0.484. The number of carbonyl (C=O) groups is 4. The van der Waals surface area contributed by atoms with Gasteiger partial charge in [0.25, 0.3) is 0 Å². The van der Waals surface area contributed by atoms with Crippen molar-refractivity contribution in [2.75, 3.05) is 18.9 Å². The van der Waals surface area contributed by atoms with Gasteiger partial charge in [-0.2, -0.15) is 11.8 Å². The van der Waals surface area contributed by atoms with E-state index in [1.54, 1.807) is 0 Å². The van der Waals surface area contributed by atoms with Gasteiger partial charge < -0.3 is 31.1 Å². The fourth-order valence-corrected chi connectivity index (χ4v) is 7.65. The Balaban J connectivity index is 0.954. The van der Waals surface area contributed by atoms with Crippen LogP contribution in [-0.2, 0) is 14.3 Å². The second-order valence-electron chi connectivity index (χ2n) is 11.1. The van der Waals surface area contributed by atoms with E-state index >= 15 is 0 Å². The highest BCUT2D eigenvalue weighted by molar-refractivity contribution is 8.00. The first-order valence-electron chi connectivity index (χ1n) is 14.7. The Morgan fingerprint density at radius 1 is 0.976 bits per heavy atom. The van der Waals surface area contributed by atoms with Crippen LogP contribution in [0.15, 0.2) is 48.5 Å². The van der Waals surface area contributed by atoms with E-state index < -0.39 is 18.1 Å². The van der Waals surface area contributed by atoms with Crippen LogP contribution >= 0.6 is 11.8 Å². The van der Waals surface area contributed by atoms with Crippen molar-refractivity contribution in [3.05, 3.63) is 59.7 Å². The van der Waals surface area contributed by atoms with Crippen molar-refractivity contribution < 1.29 is 29.0 Å². The van der Waals surface area contributed by atoms with Crippen molar-refractivity contribution in [2.45, 2.75) is 74.2 Å². The van der Waals surface area contributed by atoms with Gasteiger partial charge in [-0.25, -0.2) is 14.4 Å². The number of hydrogen-bond acceptors (Lipinski definition) is 6. The molecule has 5 rings (SSSR count). The molecule has 2 aromatic rings. The molecule has 2 heterocycles. The quantitative estimate of drug-likeness (QED) is 0.164. The van der Waals surface area contributed by atoms with Crippen molar-refractivity contribution in [3.63, 3.8) is 0 Å². The number of urea groups is 1. The summed E-state index contributed by atoms with van der Waals surface area (Å²) in [6.07, 6.45) is 3.74. The summed E-state index contributed by atoms with van der Waals surface area (Å²) in [5.41, 5.74) is 4.42. The highest BCUT2D eigenvalue weighted by Crippen LogP contribution is 2.44. The number of ether oxygens (including phenoxy) is 1. The third-order valence-corrected chi connectivity index (χ3v) is 9.76. The zero-order chi connectivity index (χ0) is 29.5.